The molecule has 2 heterocycles. The molecule has 1 aliphatic carbocycles. The number of rotatable bonds is 10. The third kappa shape index (κ3) is 7.43. The maximum absolute atomic E-state index is 13.6. The maximum atomic E-state index is 13.6. The summed E-state index contributed by atoms with van der Waals surface area (Å²) in [6, 6.07) is 12.1. The van der Waals surface area contributed by atoms with E-state index in [0.717, 1.165) is 32.5 Å². The average molecular weight is 525 g/mol. The lowest BCUT2D eigenvalue weighted by atomic mass is 9.81. The van der Waals surface area contributed by atoms with Crippen molar-refractivity contribution in [1.82, 2.24) is 15.1 Å². The summed E-state index contributed by atoms with van der Waals surface area (Å²) >= 11 is 1.45. The summed E-state index contributed by atoms with van der Waals surface area (Å²) in [5, 5.41) is 5.16. The van der Waals surface area contributed by atoms with Crippen LogP contribution in [0.1, 0.15) is 66.8 Å². The Labute approximate surface area is 226 Å². The van der Waals surface area contributed by atoms with Crippen molar-refractivity contribution in [2.24, 2.45) is 23.5 Å². The van der Waals surface area contributed by atoms with Crippen molar-refractivity contribution in [3.8, 4) is 0 Å². The molecule has 4 rings (SSSR count). The van der Waals surface area contributed by atoms with Crippen LogP contribution < -0.4 is 11.1 Å². The molecule has 2 fully saturated rings. The molecule has 1 aromatic carbocycles. The van der Waals surface area contributed by atoms with Crippen molar-refractivity contribution >= 4 is 23.2 Å². The summed E-state index contributed by atoms with van der Waals surface area (Å²) in [7, 11) is 0. The number of nitrogens with two attached hydrogens (primary N) is 1. The number of carbonyl (C=O) groups excluding carboxylic acids is 2. The smallest absolute Gasteiger partial charge is 0.264 e. The normalized spacial score (nSPS) is 24.1. The van der Waals surface area contributed by atoms with Crippen LogP contribution in [0.2, 0.25) is 0 Å². The van der Waals surface area contributed by atoms with Crippen LogP contribution in [-0.2, 0) is 11.3 Å². The third-order valence-electron chi connectivity index (χ3n) is 7.99. The second-order valence-electron chi connectivity index (χ2n) is 11.5. The summed E-state index contributed by atoms with van der Waals surface area (Å²) in [6.07, 6.45) is 5.26. The molecule has 37 heavy (non-hydrogen) atoms. The van der Waals surface area contributed by atoms with Crippen LogP contribution in [0.4, 0.5) is 0 Å². The van der Waals surface area contributed by atoms with Crippen LogP contribution in [0.5, 0.6) is 0 Å². The van der Waals surface area contributed by atoms with Gasteiger partial charge >= 0.3 is 0 Å². The molecule has 2 aliphatic rings. The van der Waals surface area contributed by atoms with Crippen molar-refractivity contribution in [3.05, 3.63) is 57.8 Å². The minimum Gasteiger partial charge on any atom is -0.354 e. The molecule has 1 aliphatic heterocycles. The van der Waals surface area contributed by atoms with Gasteiger partial charge in [-0.3, -0.25) is 14.5 Å². The molecule has 0 spiro atoms. The van der Waals surface area contributed by atoms with Gasteiger partial charge in [0.05, 0.1) is 4.88 Å². The van der Waals surface area contributed by atoms with E-state index in [1.165, 1.54) is 35.3 Å². The van der Waals surface area contributed by atoms with Crippen molar-refractivity contribution in [3.63, 3.8) is 0 Å². The first kappa shape index (κ1) is 27.8. The summed E-state index contributed by atoms with van der Waals surface area (Å²) in [5.41, 5.74) is 8.44. The van der Waals surface area contributed by atoms with Gasteiger partial charge in [0, 0.05) is 32.2 Å². The molecule has 0 bridgehead atoms. The molecule has 3 N–H and O–H groups in total. The van der Waals surface area contributed by atoms with Crippen molar-refractivity contribution < 1.29 is 9.59 Å². The number of nitrogens with one attached hydrogen (secondary N) is 1. The van der Waals surface area contributed by atoms with Gasteiger partial charge < -0.3 is 16.0 Å². The Hall–Kier alpha value is -2.22. The Balaban J connectivity index is 1.49. The van der Waals surface area contributed by atoms with E-state index in [1.54, 1.807) is 0 Å². The summed E-state index contributed by atoms with van der Waals surface area (Å²) < 4.78 is 0. The monoisotopic (exact) mass is 524 g/mol. The van der Waals surface area contributed by atoms with Crippen LogP contribution in [0.15, 0.2) is 41.8 Å². The highest BCUT2D eigenvalue weighted by atomic mass is 32.1. The summed E-state index contributed by atoms with van der Waals surface area (Å²) in [4.78, 5) is 32.1. The molecule has 6 nitrogen and oxygen atoms in total. The SMILES string of the molecule is Cc1ccc(CN(CC(C)C)C2CC(C(=O)NCC3CCCC(CN)C3)N(C(=O)c3cccs3)C2)cc1. The zero-order chi connectivity index (χ0) is 26.4. The van der Waals surface area contributed by atoms with E-state index >= 15 is 0 Å². The maximum Gasteiger partial charge on any atom is 0.264 e. The molecule has 1 aromatic heterocycles. The molecule has 1 saturated carbocycles. The lowest BCUT2D eigenvalue weighted by Gasteiger charge is -2.30. The molecule has 0 radical (unpaired) electrons. The van der Waals surface area contributed by atoms with Gasteiger partial charge in [-0.2, -0.15) is 0 Å². The highest BCUT2D eigenvalue weighted by Crippen LogP contribution is 2.30. The largest absolute Gasteiger partial charge is 0.354 e. The minimum atomic E-state index is -0.443. The number of aryl methyl sites for hydroxylation is 1. The van der Waals surface area contributed by atoms with Gasteiger partial charge in [-0.15, -0.1) is 11.3 Å². The quantitative estimate of drug-likeness (QED) is 0.473. The molecular weight excluding hydrogens is 480 g/mol. The van der Waals surface area contributed by atoms with Crippen molar-refractivity contribution in [2.45, 2.75) is 71.5 Å². The Morgan fingerprint density at radius 3 is 2.57 bits per heavy atom. The fourth-order valence-electron chi connectivity index (χ4n) is 6.00. The minimum absolute atomic E-state index is 0.0119. The van der Waals surface area contributed by atoms with Gasteiger partial charge in [-0.05, 0) is 73.9 Å². The standard InChI is InChI=1S/C30H44N4O2S/c1-21(2)18-33(19-23-11-9-22(3)10-12-23)26-15-27(34(20-26)30(36)28-8-5-13-37-28)29(35)32-17-25-7-4-6-24(14-25)16-31/h5,8-13,21,24-27H,4,6-7,14-20,31H2,1-3H3,(H,32,35). The second kappa shape index (κ2) is 13.0. The van der Waals surface area contributed by atoms with Crippen LogP contribution in [0.3, 0.4) is 0 Å². The molecule has 202 valence electrons. The Kier molecular flexibility index (Phi) is 9.79. The van der Waals surface area contributed by atoms with E-state index in [2.05, 4.69) is 55.3 Å². The molecular formula is C30H44N4O2S. The Morgan fingerprint density at radius 2 is 1.89 bits per heavy atom. The molecule has 4 atom stereocenters. The van der Waals surface area contributed by atoms with Crippen LogP contribution in [-0.4, -0.2) is 59.9 Å². The third-order valence-corrected chi connectivity index (χ3v) is 8.84. The second-order valence-corrected chi connectivity index (χ2v) is 12.5. The van der Waals surface area contributed by atoms with E-state index in [-0.39, 0.29) is 17.9 Å². The van der Waals surface area contributed by atoms with Gasteiger partial charge in [-0.1, -0.05) is 56.2 Å². The Bertz CT molecular complexity index is 1010. The highest BCUT2D eigenvalue weighted by Gasteiger charge is 2.42. The van der Waals surface area contributed by atoms with Crippen LogP contribution >= 0.6 is 11.3 Å². The number of nitrogens with zero attached hydrogens (tertiary/aromatic N) is 2. The molecule has 2 amide bonds. The first-order valence-corrected chi connectivity index (χ1v) is 14.8. The summed E-state index contributed by atoms with van der Waals surface area (Å²) in [6.45, 7) is 10.3. The van der Waals surface area contributed by atoms with Crippen LogP contribution in [0.25, 0.3) is 0 Å². The van der Waals surface area contributed by atoms with Crippen molar-refractivity contribution in [1.29, 1.82) is 0 Å². The number of likely N-dealkylation sites (tertiary alicyclic amines) is 1. The number of benzene rings is 1. The topological polar surface area (TPSA) is 78.7 Å². The number of hydrogen-bond acceptors (Lipinski definition) is 5. The van der Waals surface area contributed by atoms with E-state index in [9.17, 15) is 9.59 Å². The van der Waals surface area contributed by atoms with Crippen LogP contribution in [0, 0.1) is 24.7 Å². The molecule has 1 saturated heterocycles. The number of amides is 2. The van der Waals surface area contributed by atoms with Gasteiger partial charge in [-0.25, -0.2) is 0 Å². The van der Waals surface area contributed by atoms with E-state index in [0.29, 0.717) is 42.1 Å². The number of thiophene rings is 1. The fourth-order valence-corrected chi connectivity index (χ4v) is 6.68. The van der Waals surface area contributed by atoms with Gasteiger partial charge in [0.25, 0.3) is 5.91 Å². The lowest BCUT2D eigenvalue weighted by molar-refractivity contribution is -0.125. The summed E-state index contributed by atoms with van der Waals surface area (Å²) in [5.74, 6) is 1.49. The predicted octanol–water partition coefficient (Wildman–Crippen LogP) is 4.68. The predicted molar refractivity (Wildman–Crippen MR) is 151 cm³/mol. The Morgan fingerprint density at radius 1 is 1.14 bits per heavy atom. The molecule has 2 aromatic rings. The molecule has 7 heteroatoms. The average Bonchev–Trinajstić information content (AvgIpc) is 3.59. The lowest BCUT2D eigenvalue weighted by Crippen LogP contribution is -2.47. The van der Waals surface area contributed by atoms with Gasteiger partial charge in [0.15, 0.2) is 0 Å². The zero-order valence-electron chi connectivity index (χ0n) is 22.7. The van der Waals surface area contributed by atoms with E-state index < -0.39 is 6.04 Å². The fraction of sp³-hybridized carbons (Fsp3) is 0.600. The first-order chi connectivity index (χ1) is 17.8. The van der Waals surface area contributed by atoms with Crippen molar-refractivity contribution in [2.75, 3.05) is 26.2 Å². The van der Waals surface area contributed by atoms with Gasteiger partial charge in [0.1, 0.15) is 6.04 Å². The number of carbonyl (C=O) groups is 2. The van der Waals surface area contributed by atoms with E-state index in [1.807, 2.05) is 22.4 Å². The molecule has 4 unspecified atom stereocenters. The van der Waals surface area contributed by atoms with E-state index in [4.69, 9.17) is 5.73 Å². The number of hydrogen-bond donors (Lipinski definition) is 2. The highest BCUT2D eigenvalue weighted by molar-refractivity contribution is 7.12. The first-order valence-electron chi connectivity index (χ1n) is 14.0. The zero-order valence-corrected chi connectivity index (χ0v) is 23.5. The van der Waals surface area contributed by atoms with Gasteiger partial charge in [0.2, 0.25) is 5.91 Å².